The van der Waals surface area contributed by atoms with Crippen LogP contribution >= 0.6 is 0 Å². The molecular weight excluding hydrogens is 344 g/mol. The molecule has 1 fully saturated rings. The lowest BCUT2D eigenvalue weighted by atomic mass is 9.68. The molecule has 0 amide bonds. The van der Waals surface area contributed by atoms with Crippen molar-refractivity contribution in [2.75, 3.05) is 41.7 Å². The van der Waals surface area contributed by atoms with Gasteiger partial charge in [0.1, 0.15) is 0 Å². The molecule has 1 heterocycles. The van der Waals surface area contributed by atoms with Gasteiger partial charge in [0.25, 0.3) is 0 Å². The molecule has 3 atom stereocenters. The average Bonchev–Trinajstić information content (AvgIpc) is 3.18. The Morgan fingerprint density at radius 2 is 1.44 bits per heavy atom. The standard InChI is InChI=1S/C22H26O5/c1-23-18-6-5-13(8-19(18)24-2)22-16-10-21(26-4)20(25-3)9-14(16)7-15-11-27-12-17(15)22/h5-6,8-10,15,17,22H,7,11-12H2,1-4H3/t15-,17+,22+/m1/s1. The molecule has 1 saturated heterocycles. The average molecular weight is 370 g/mol. The maximum Gasteiger partial charge on any atom is 0.161 e. The molecule has 27 heavy (non-hydrogen) atoms. The molecule has 144 valence electrons. The van der Waals surface area contributed by atoms with Gasteiger partial charge in [0.2, 0.25) is 0 Å². The predicted molar refractivity (Wildman–Crippen MR) is 102 cm³/mol. The lowest BCUT2D eigenvalue weighted by molar-refractivity contribution is 0.179. The van der Waals surface area contributed by atoms with Crippen LogP contribution in [0.4, 0.5) is 0 Å². The van der Waals surface area contributed by atoms with E-state index in [0.29, 0.717) is 11.8 Å². The van der Waals surface area contributed by atoms with Gasteiger partial charge < -0.3 is 23.7 Å². The van der Waals surface area contributed by atoms with Crippen molar-refractivity contribution in [1.29, 1.82) is 0 Å². The summed E-state index contributed by atoms with van der Waals surface area (Å²) in [5.41, 5.74) is 3.80. The Morgan fingerprint density at radius 1 is 0.778 bits per heavy atom. The third-order valence-electron chi connectivity index (χ3n) is 5.91. The zero-order chi connectivity index (χ0) is 19.0. The fourth-order valence-corrected chi connectivity index (χ4v) is 4.58. The van der Waals surface area contributed by atoms with E-state index < -0.39 is 0 Å². The molecule has 5 nitrogen and oxygen atoms in total. The number of rotatable bonds is 5. The first-order valence-corrected chi connectivity index (χ1v) is 9.24. The van der Waals surface area contributed by atoms with Crippen LogP contribution in [0.15, 0.2) is 30.3 Å². The van der Waals surface area contributed by atoms with Crippen molar-refractivity contribution in [1.82, 2.24) is 0 Å². The second-order valence-corrected chi connectivity index (χ2v) is 7.16. The normalized spacial score (nSPS) is 23.3. The van der Waals surface area contributed by atoms with Crippen molar-refractivity contribution in [2.24, 2.45) is 11.8 Å². The molecule has 2 aromatic carbocycles. The Bertz CT molecular complexity index is 832. The second-order valence-electron chi connectivity index (χ2n) is 7.16. The fraction of sp³-hybridized carbons (Fsp3) is 0.455. The summed E-state index contributed by atoms with van der Waals surface area (Å²) in [7, 11) is 6.69. The maximum absolute atomic E-state index is 5.87. The highest BCUT2D eigenvalue weighted by Crippen LogP contribution is 2.50. The summed E-state index contributed by atoms with van der Waals surface area (Å²) < 4.78 is 27.9. The maximum atomic E-state index is 5.87. The van der Waals surface area contributed by atoms with Gasteiger partial charge >= 0.3 is 0 Å². The Morgan fingerprint density at radius 3 is 2.15 bits per heavy atom. The van der Waals surface area contributed by atoms with Crippen LogP contribution in [0, 0.1) is 11.8 Å². The minimum absolute atomic E-state index is 0.223. The van der Waals surface area contributed by atoms with Crippen molar-refractivity contribution in [3.63, 3.8) is 0 Å². The van der Waals surface area contributed by atoms with E-state index in [-0.39, 0.29) is 5.92 Å². The summed E-state index contributed by atoms with van der Waals surface area (Å²) in [6.45, 7) is 1.58. The zero-order valence-electron chi connectivity index (χ0n) is 16.3. The van der Waals surface area contributed by atoms with E-state index in [9.17, 15) is 0 Å². The number of benzene rings is 2. The molecule has 5 heteroatoms. The summed E-state index contributed by atoms with van der Waals surface area (Å²) in [6, 6.07) is 10.5. The van der Waals surface area contributed by atoms with Gasteiger partial charge in [0, 0.05) is 5.92 Å². The van der Waals surface area contributed by atoms with Gasteiger partial charge in [0.05, 0.1) is 41.7 Å². The Labute approximate surface area is 160 Å². The van der Waals surface area contributed by atoms with Crippen LogP contribution in [0.25, 0.3) is 0 Å². The smallest absolute Gasteiger partial charge is 0.161 e. The van der Waals surface area contributed by atoms with Gasteiger partial charge in [-0.05, 0) is 59.2 Å². The van der Waals surface area contributed by atoms with Crippen LogP contribution in [0.3, 0.4) is 0 Å². The Kier molecular flexibility index (Phi) is 4.87. The van der Waals surface area contributed by atoms with Crippen molar-refractivity contribution in [3.05, 3.63) is 47.0 Å². The molecule has 0 saturated carbocycles. The van der Waals surface area contributed by atoms with Crippen molar-refractivity contribution >= 4 is 0 Å². The SMILES string of the molecule is COc1ccc([C@H]2c3cc(OC)c(OC)cc3C[C@@H]3COC[C@@H]32)cc1OC. The van der Waals surface area contributed by atoms with Crippen LogP contribution in [-0.2, 0) is 11.2 Å². The fourth-order valence-electron chi connectivity index (χ4n) is 4.58. The molecule has 0 N–H and O–H groups in total. The van der Waals surface area contributed by atoms with E-state index in [2.05, 4.69) is 24.3 Å². The molecule has 0 aromatic heterocycles. The molecule has 1 aliphatic carbocycles. The molecule has 4 rings (SSSR count). The van der Waals surface area contributed by atoms with Crippen LogP contribution in [0.1, 0.15) is 22.6 Å². The van der Waals surface area contributed by atoms with E-state index in [4.69, 9.17) is 23.7 Å². The zero-order valence-corrected chi connectivity index (χ0v) is 16.3. The molecule has 0 spiro atoms. The van der Waals surface area contributed by atoms with Gasteiger partial charge in [-0.3, -0.25) is 0 Å². The number of hydrogen-bond acceptors (Lipinski definition) is 5. The first-order chi connectivity index (χ1) is 13.2. The highest BCUT2D eigenvalue weighted by molar-refractivity contribution is 5.54. The molecule has 2 aliphatic rings. The number of fused-ring (bicyclic) bond motifs is 2. The molecule has 2 aromatic rings. The summed E-state index contributed by atoms with van der Waals surface area (Å²) in [5, 5.41) is 0. The van der Waals surface area contributed by atoms with Gasteiger partial charge in [0.15, 0.2) is 23.0 Å². The summed E-state index contributed by atoms with van der Waals surface area (Å²) in [5.74, 6) is 4.20. The van der Waals surface area contributed by atoms with Crippen molar-refractivity contribution in [3.8, 4) is 23.0 Å². The predicted octanol–water partition coefficient (Wildman–Crippen LogP) is 3.67. The van der Waals surface area contributed by atoms with Crippen molar-refractivity contribution in [2.45, 2.75) is 12.3 Å². The summed E-state index contributed by atoms with van der Waals surface area (Å²) in [4.78, 5) is 0. The Hall–Kier alpha value is -2.40. The largest absolute Gasteiger partial charge is 0.493 e. The first kappa shape index (κ1) is 18.0. The van der Waals surface area contributed by atoms with Crippen LogP contribution in [-0.4, -0.2) is 41.7 Å². The number of methoxy groups -OCH3 is 4. The molecule has 0 radical (unpaired) electrons. The molecule has 0 bridgehead atoms. The molecule has 0 unspecified atom stereocenters. The van der Waals surface area contributed by atoms with E-state index in [0.717, 1.165) is 42.6 Å². The highest BCUT2D eigenvalue weighted by Gasteiger charge is 2.42. The van der Waals surface area contributed by atoms with E-state index >= 15 is 0 Å². The lowest BCUT2D eigenvalue weighted by Gasteiger charge is -2.35. The minimum atomic E-state index is 0.223. The number of ether oxygens (including phenoxy) is 5. The summed E-state index contributed by atoms with van der Waals surface area (Å²) in [6.07, 6.45) is 1.00. The minimum Gasteiger partial charge on any atom is -0.493 e. The van der Waals surface area contributed by atoms with Crippen LogP contribution in [0.5, 0.6) is 23.0 Å². The van der Waals surface area contributed by atoms with Gasteiger partial charge in [-0.25, -0.2) is 0 Å². The van der Waals surface area contributed by atoms with Gasteiger partial charge in [-0.1, -0.05) is 6.07 Å². The third-order valence-corrected chi connectivity index (χ3v) is 5.91. The van der Waals surface area contributed by atoms with Crippen LogP contribution < -0.4 is 18.9 Å². The first-order valence-electron chi connectivity index (χ1n) is 9.24. The quantitative estimate of drug-likeness (QED) is 0.804. The summed E-state index contributed by atoms with van der Waals surface area (Å²) >= 11 is 0. The van der Waals surface area contributed by atoms with Crippen LogP contribution in [0.2, 0.25) is 0 Å². The van der Waals surface area contributed by atoms with E-state index in [1.165, 1.54) is 16.7 Å². The van der Waals surface area contributed by atoms with Crippen molar-refractivity contribution < 1.29 is 23.7 Å². The van der Waals surface area contributed by atoms with Gasteiger partial charge in [-0.15, -0.1) is 0 Å². The lowest BCUT2D eigenvalue weighted by Crippen LogP contribution is -2.29. The highest BCUT2D eigenvalue weighted by atomic mass is 16.5. The molecule has 1 aliphatic heterocycles. The Balaban J connectivity index is 1.86. The second kappa shape index (κ2) is 7.31. The topological polar surface area (TPSA) is 46.2 Å². The number of hydrogen-bond donors (Lipinski definition) is 0. The van der Waals surface area contributed by atoms with E-state index in [1.54, 1.807) is 28.4 Å². The molecular formula is C22H26O5. The van der Waals surface area contributed by atoms with E-state index in [1.807, 2.05) is 6.07 Å². The monoisotopic (exact) mass is 370 g/mol. The van der Waals surface area contributed by atoms with Gasteiger partial charge in [-0.2, -0.15) is 0 Å². The third kappa shape index (κ3) is 3.00.